The van der Waals surface area contributed by atoms with Crippen LogP contribution in [0.4, 0.5) is 0 Å². The van der Waals surface area contributed by atoms with E-state index in [1.165, 1.54) is 24.3 Å². The second-order valence-electron chi connectivity index (χ2n) is 7.90. The van der Waals surface area contributed by atoms with Gasteiger partial charge in [0.05, 0.1) is 23.6 Å². The summed E-state index contributed by atoms with van der Waals surface area (Å²) < 4.78 is 32.0. The van der Waals surface area contributed by atoms with E-state index in [-0.39, 0.29) is 42.0 Å². The Balaban J connectivity index is 1.56. The third-order valence-corrected chi connectivity index (χ3v) is 6.57. The molecule has 2 N–H and O–H groups in total. The number of hydrogen-bond acceptors (Lipinski definition) is 5. The number of nitrogens with one attached hydrogen (secondary N) is 2. The molecule has 3 rings (SSSR count). The van der Waals surface area contributed by atoms with Gasteiger partial charge in [0, 0.05) is 30.8 Å². The van der Waals surface area contributed by atoms with Gasteiger partial charge >= 0.3 is 0 Å². The first-order valence-electron chi connectivity index (χ1n) is 10.5. The van der Waals surface area contributed by atoms with E-state index in [1.54, 1.807) is 29.2 Å². The number of morpholine rings is 1. The van der Waals surface area contributed by atoms with Crippen molar-refractivity contribution in [3.63, 3.8) is 0 Å². The first kappa shape index (κ1) is 24.5. The van der Waals surface area contributed by atoms with Gasteiger partial charge in [-0.1, -0.05) is 18.1 Å². The summed E-state index contributed by atoms with van der Waals surface area (Å²) >= 11 is 0. The second kappa shape index (κ2) is 10.6. The molecular weight excluding hydrogens is 442 g/mol. The molecule has 1 fully saturated rings. The van der Waals surface area contributed by atoms with Gasteiger partial charge in [-0.25, -0.2) is 8.42 Å². The lowest BCUT2D eigenvalue weighted by atomic mass is 10.1. The van der Waals surface area contributed by atoms with Crippen LogP contribution in [0.15, 0.2) is 53.4 Å². The summed E-state index contributed by atoms with van der Waals surface area (Å²) in [5, 5.41) is 2.79. The zero-order valence-corrected chi connectivity index (χ0v) is 19.4. The van der Waals surface area contributed by atoms with Crippen molar-refractivity contribution in [3.05, 3.63) is 65.2 Å². The average molecular weight is 470 g/mol. The number of sulfonamides is 1. The average Bonchev–Trinajstić information content (AvgIpc) is 2.80. The van der Waals surface area contributed by atoms with E-state index in [0.717, 1.165) is 5.56 Å². The fourth-order valence-electron chi connectivity index (χ4n) is 3.58. The maximum atomic E-state index is 12.8. The molecule has 0 aromatic heterocycles. The molecule has 1 heterocycles. The Labute approximate surface area is 194 Å². The van der Waals surface area contributed by atoms with Gasteiger partial charge in [0.1, 0.15) is 0 Å². The Hall–Kier alpha value is -3.19. The molecule has 0 saturated carbocycles. The molecule has 0 aliphatic carbocycles. The molecule has 2 unspecified atom stereocenters. The maximum Gasteiger partial charge on any atom is 0.254 e. The van der Waals surface area contributed by atoms with Gasteiger partial charge in [0.2, 0.25) is 10.0 Å². The van der Waals surface area contributed by atoms with Crippen molar-refractivity contribution >= 4 is 21.8 Å². The molecule has 8 nitrogen and oxygen atoms in total. The number of rotatable bonds is 7. The monoisotopic (exact) mass is 469 g/mol. The lowest BCUT2D eigenvalue weighted by Crippen LogP contribution is -2.48. The molecule has 33 heavy (non-hydrogen) atoms. The summed E-state index contributed by atoms with van der Waals surface area (Å²) in [4.78, 5) is 27.0. The molecule has 9 heteroatoms. The standard InChI is InChI=1S/C24H27N3O5S/c1-4-13-26-33(30,31)22-11-9-20(10-12-22)23(28)25-14-19-5-7-21(8-6-19)24(29)27-15-17(2)32-18(3)16-27/h1,5-12,17-18,26H,13-16H2,2-3H3,(H,25,28). The van der Waals surface area contributed by atoms with Crippen LogP contribution in [0.25, 0.3) is 0 Å². The maximum absolute atomic E-state index is 12.8. The van der Waals surface area contributed by atoms with Crippen molar-refractivity contribution in [2.24, 2.45) is 0 Å². The Kier molecular flexibility index (Phi) is 7.87. The van der Waals surface area contributed by atoms with Gasteiger partial charge in [-0.05, 0) is 55.8 Å². The van der Waals surface area contributed by atoms with Crippen molar-refractivity contribution in [1.29, 1.82) is 0 Å². The summed E-state index contributed by atoms with van der Waals surface area (Å²) in [5.74, 6) is 1.82. The van der Waals surface area contributed by atoms with E-state index >= 15 is 0 Å². The highest BCUT2D eigenvalue weighted by Crippen LogP contribution is 2.15. The van der Waals surface area contributed by atoms with Crippen LogP contribution in [-0.2, 0) is 21.3 Å². The molecule has 1 aliphatic heterocycles. The quantitative estimate of drug-likeness (QED) is 0.602. The number of amides is 2. The first-order chi connectivity index (χ1) is 15.7. The van der Waals surface area contributed by atoms with Crippen molar-refractivity contribution in [3.8, 4) is 12.3 Å². The Morgan fingerprint density at radius 1 is 1.03 bits per heavy atom. The van der Waals surface area contributed by atoms with Crippen LogP contribution < -0.4 is 10.0 Å². The Bertz CT molecular complexity index is 1130. The van der Waals surface area contributed by atoms with Crippen LogP contribution in [0.1, 0.15) is 40.1 Å². The number of terminal acetylenes is 1. The van der Waals surface area contributed by atoms with Crippen LogP contribution in [0.5, 0.6) is 0 Å². The third-order valence-electron chi connectivity index (χ3n) is 5.15. The van der Waals surface area contributed by atoms with E-state index in [0.29, 0.717) is 24.2 Å². The van der Waals surface area contributed by atoms with Crippen molar-refractivity contribution in [2.45, 2.75) is 37.5 Å². The van der Waals surface area contributed by atoms with Crippen molar-refractivity contribution < 1.29 is 22.7 Å². The summed E-state index contributed by atoms with van der Waals surface area (Å²) in [5.41, 5.74) is 1.75. The van der Waals surface area contributed by atoms with Crippen LogP contribution in [-0.4, -0.2) is 57.0 Å². The fourth-order valence-corrected chi connectivity index (χ4v) is 4.52. The van der Waals surface area contributed by atoms with Crippen molar-refractivity contribution in [2.75, 3.05) is 19.6 Å². The van der Waals surface area contributed by atoms with E-state index in [1.807, 2.05) is 13.8 Å². The van der Waals surface area contributed by atoms with Crippen molar-refractivity contribution in [1.82, 2.24) is 14.9 Å². The minimum absolute atomic E-state index is 0.000529. The molecule has 2 atom stereocenters. The number of carbonyl (C=O) groups excluding carboxylic acids is 2. The predicted octanol–water partition coefficient (Wildman–Crippen LogP) is 1.78. The first-order valence-corrected chi connectivity index (χ1v) is 12.0. The van der Waals surface area contributed by atoms with Gasteiger partial charge in [0.25, 0.3) is 11.8 Å². The number of hydrogen-bond donors (Lipinski definition) is 2. The van der Waals surface area contributed by atoms with E-state index in [9.17, 15) is 18.0 Å². The molecule has 2 aromatic rings. The second-order valence-corrected chi connectivity index (χ2v) is 9.67. The molecule has 1 saturated heterocycles. The normalized spacial score (nSPS) is 18.4. The smallest absolute Gasteiger partial charge is 0.254 e. The zero-order valence-electron chi connectivity index (χ0n) is 18.6. The third kappa shape index (κ3) is 6.42. The highest BCUT2D eigenvalue weighted by molar-refractivity contribution is 7.89. The van der Waals surface area contributed by atoms with Gasteiger partial charge in [0.15, 0.2) is 0 Å². The highest BCUT2D eigenvalue weighted by Gasteiger charge is 2.26. The summed E-state index contributed by atoms with van der Waals surface area (Å²) in [6.07, 6.45) is 5.07. The minimum atomic E-state index is -3.71. The molecule has 1 aliphatic rings. The summed E-state index contributed by atoms with van der Waals surface area (Å²) in [7, 11) is -3.71. The number of carbonyl (C=O) groups is 2. The van der Waals surface area contributed by atoms with Gasteiger partial charge in [-0.2, -0.15) is 4.72 Å². The minimum Gasteiger partial charge on any atom is -0.372 e. The van der Waals surface area contributed by atoms with E-state index in [2.05, 4.69) is 16.0 Å². The van der Waals surface area contributed by atoms with Crippen LogP contribution in [0.2, 0.25) is 0 Å². The topological polar surface area (TPSA) is 105 Å². The van der Waals surface area contributed by atoms with Gasteiger partial charge < -0.3 is 15.0 Å². The molecule has 2 amide bonds. The predicted molar refractivity (Wildman–Crippen MR) is 124 cm³/mol. The van der Waals surface area contributed by atoms with Crippen LogP contribution in [0.3, 0.4) is 0 Å². The number of ether oxygens (including phenoxy) is 1. The van der Waals surface area contributed by atoms with E-state index < -0.39 is 10.0 Å². The number of nitrogens with zero attached hydrogens (tertiary/aromatic N) is 1. The van der Waals surface area contributed by atoms with Crippen LogP contribution in [0, 0.1) is 12.3 Å². The molecule has 0 spiro atoms. The van der Waals surface area contributed by atoms with Crippen LogP contribution >= 0.6 is 0 Å². The van der Waals surface area contributed by atoms with E-state index in [4.69, 9.17) is 11.2 Å². The lowest BCUT2D eigenvalue weighted by molar-refractivity contribution is -0.0586. The summed E-state index contributed by atoms with van der Waals surface area (Å²) in [6, 6.07) is 12.7. The molecule has 174 valence electrons. The zero-order chi connectivity index (χ0) is 24.0. The van der Waals surface area contributed by atoms with Gasteiger partial charge in [-0.3, -0.25) is 9.59 Å². The Morgan fingerprint density at radius 3 is 2.18 bits per heavy atom. The van der Waals surface area contributed by atoms with Gasteiger partial charge in [-0.15, -0.1) is 6.42 Å². The SMILES string of the molecule is C#CCNS(=O)(=O)c1ccc(C(=O)NCc2ccc(C(=O)N3CC(C)OC(C)C3)cc2)cc1. The fraction of sp³-hybridized carbons (Fsp3) is 0.333. The molecule has 0 radical (unpaired) electrons. The summed E-state index contributed by atoms with van der Waals surface area (Å²) in [6.45, 7) is 5.17. The largest absolute Gasteiger partial charge is 0.372 e. The molecule has 0 bridgehead atoms. The Morgan fingerprint density at radius 2 is 1.61 bits per heavy atom. The number of benzene rings is 2. The highest BCUT2D eigenvalue weighted by atomic mass is 32.2. The molecular formula is C24H27N3O5S. The molecule has 2 aromatic carbocycles. The lowest BCUT2D eigenvalue weighted by Gasteiger charge is -2.35.